The van der Waals surface area contributed by atoms with E-state index in [1.807, 2.05) is 6.92 Å². The summed E-state index contributed by atoms with van der Waals surface area (Å²) in [5.41, 5.74) is -0.694. The van der Waals surface area contributed by atoms with Gasteiger partial charge in [-0.15, -0.1) is 0 Å². The van der Waals surface area contributed by atoms with Crippen molar-refractivity contribution >= 4 is 16.1 Å². The standard InChI is InChI=1S/C18H23F5O6S.C10H16N/c1-3-4-28-15(2)11-5-10-6-12(15)9-16(7-10,8-11)14(24)29-13(17(19,20)21)18(22,23)30(25,26)27;1-11(2,3)9-10-7-5-4-6-8-10/h3-4,10-13H,5-9H2,1-2H3,(H,25,26,27);4-8H,9H2,1-3H3/q;+1/p-1. The van der Waals surface area contributed by atoms with Crippen LogP contribution in [0.4, 0.5) is 22.0 Å². The predicted molar refractivity (Wildman–Crippen MR) is 139 cm³/mol. The Bertz CT molecular complexity index is 1200. The Balaban J connectivity index is 0.000000352. The third-order valence-electron chi connectivity index (χ3n) is 8.36. The van der Waals surface area contributed by atoms with Crippen molar-refractivity contribution in [3.63, 3.8) is 0 Å². The maximum absolute atomic E-state index is 13.8. The molecule has 0 aromatic heterocycles. The first-order valence-corrected chi connectivity index (χ1v) is 14.8. The van der Waals surface area contributed by atoms with E-state index >= 15 is 0 Å². The molecule has 41 heavy (non-hydrogen) atoms. The predicted octanol–water partition coefficient (Wildman–Crippen LogP) is 5.63. The van der Waals surface area contributed by atoms with Crippen molar-refractivity contribution in [3.05, 3.63) is 48.2 Å². The number of ether oxygens (including phenoxy) is 2. The Kier molecular flexibility index (Phi) is 9.28. The number of alkyl halides is 5. The average Bonchev–Trinajstić information content (AvgIpc) is 2.82. The molecule has 4 saturated carbocycles. The van der Waals surface area contributed by atoms with Gasteiger partial charge in [0.1, 0.15) is 12.1 Å². The molecule has 7 nitrogen and oxygen atoms in total. The summed E-state index contributed by atoms with van der Waals surface area (Å²) in [7, 11) is -0.119. The SMILES string of the molecule is CC=COC1(C)C2CC3CC1CC(C(=O)OC(C(F)(F)F)C(F)(F)S(=O)(=O)[O-])(C3)C2.C[N+](C)(C)Cc1ccccc1. The molecule has 0 amide bonds. The molecule has 0 heterocycles. The van der Waals surface area contributed by atoms with Crippen molar-refractivity contribution in [2.75, 3.05) is 21.1 Å². The molecule has 3 atom stereocenters. The molecular weight excluding hydrogens is 573 g/mol. The number of hydrogen-bond donors (Lipinski definition) is 0. The van der Waals surface area contributed by atoms with Crippen molar-refractivity contribution in [3.8, 4) is 0 Å². The lowest BCUT2D eigenvalue weighted by molar-refractivity contribution is -0.884. The van der Waals surface area contributed by atoms with Crippen molar-refractivity contribution in [2.24, 2.45) is 23.2 Å². The summed E-state index contributed by atoms with van der Waals surface area (Å²) < 4.78 is 110. The van der Waals surface area contributed by atoms with E-state index in [-0.39, 0.29) is 37.0 Å². The van der Waals surface area contributed by atoms with E-state index in [1.165, 1.54) is 11.8 Å². The van der Waals surface area contributed by atoms with Crippen LogP contribution in [0.15, 0.2) is 42.7 Å². The minimum absolute atomic E-state index is 0.00887. The lowest BCUT2D eigenvalue weighted by Crippen LogP contribution is -2.63. The summed E-state index contributed by atoms with van der Waals surface area (Å²) in [5.74, 6) is -1.97. The molecule has 0 aliphatic heterocycles. The van der Waals surface area contributed by atoms with Gasteiger partial charge < -0.3 is 18.5 Å². The molecule has 1 aromatic rings. The summed E-state index contributed by atoms with van der Waals surface area (Å²) >= 11 is 0. The highest BCUT2D eigenvalue weighted by atomic mass is 32.2. The molecule has 0 spiro atoms. The molecule has 4 aliphatic rings. The summed E-state index contributed by atoms with van der Waals surface area (Å²) in [6, 6.07) is 10.6. The minimum atomic E-state index is -6.72. The van der Waals surface area contributed by atoms with Crippen LogP contribution in [0.5, 0.6) is 0 Å². The second-order valence-corrected chi connectivity index (χ2v) is 14.1. The number of rotatable bonds is 8. The molecule has 5 rings (SSSR count). The summed E-state index contributed by atoms with van der Waals surface area (Å²) in [6.07, 6.45) is -5.45. The smallest absolute Gasteiger partial charge is 0.432 e. The van der Waals surface area contributed by atoms with Crippen LogP contribution in [-0.2, 0) is 30.9 Å². The zero-order valence-electron chi connectivity index (χ0n) is 23.8. The highest BCUT2D eigenvalue weighted by Gasteiger charge is 2.67. The highest BCUT2D eigenvalue weighted by Crippen LogP contribution is 2.65. The summed E-state index contributed by atoms with van der Waals surface area (Å²) in [5, 5.41) is -5.84. The number of nitrogens with zero attached hydrogens (tertiary/aromatic N) is 1. The molecule has 1 aromatic carbocycles. The molecule has 232 valence electrons. The van der Waals surface area contributed by atoms with Gasteiger partial charge in [0, 0.05) is 5.56 Å². The molecule has 0 saturated heterocycles. The fraction of sp³-hybridized carbons (Fsp3) is 0.679. The number of halogens is 5. The van der Waals surface area contributed by atoms with Crippen molar-refractivity contribution < 1.29 is 53.7 Å². The van der Waals surface area contributed by atoms with Gasteiger partial charge >= 0.3 is 17.4 Å². The van der Waals surface area contributed by atoms with E-state index < -0.39 is 44.6 Å². The average molecular weight is 612 g/mol. The van der Waals surface area contributed by atoms with Crippen LogP contribution in [0, 0.1) is 23.2 Å². The second-order valence-electron chi connectivity index (χ2n) is 12.7. The Morgan fingerprint density at radius 3 is 2.05 bits per heavy atom. The maximum atomic E-state index is 13.8. The van der Waals surface area contributed by atoms with Crippen molar-refractivity contribution in [1.29, 1.82) is 0 Å². The van der Waals surface area contributed by atoms with E-state index in [2.05, 4.69) is 56.2 Å². The normalized spacial score (nSPS) is 30.5. The Morgan fingerprint density at radius 2 is 1.61 bits per heavy atom. The first kappa shape index (κ1) is 33.3. The Hall–Kier alpha value is -2.25. The van der Waals surface area contributed by atoms with Gasteiger partial charge in [-0.3, -0.25) is 4.79 Å². The van der Waals surface area contributed by atoms with Crippen LogP contribution in [0.3, 0.4) is 0 Å². The number of carbonyl (C=O) groups excluding carboxylic acids is 1. The van der Waals surface area contributed by atoms with Gasteiger partial charge in [0.05, 0.1) is 32.8 Å². The van der Waals surface area contributed by atoms with Crippen LogP contribution >= 0.6 is 0 Å². The number of quaternary nitrogens is 1. The number of carbonyl (C=O) groups is 1. The first-order valence-electron chi connectivity index (χ1n) is 13.4. The lowest BCUT2D eigenvalue weighted by atomic mass is 9.45. The fourth-order valence-electron chi connectivity index (χ4n) is 6.66. The minimum Gasteiger partial charge on any atom is -0.743 e. The van der Waals surface area contributed by atoms with Gasteiger partial charge in [0.15, 0.2) is 10.1 Å². The van der Waals surface area contributed by atoms with Crippen LogP contribution in [-0.4, -0.2) is 67.7 Å². The first-order chi connectivity index (χ1) is 18.6. The summed E-state index contributed by atoms with van der Waals surface area (Å²) in [4.78, 5) is 12.7. The number of allylic oxidation sites excluding steroid dienone is 1. The molecule has 4 aliphatic carbocycles. The van der Waals surface area contributed by atoms with E-state index in [0.717, 1.165) is 11.0 Å². The third-order valence-corrected chi connectivity index (χ3v) is 9.24. The fourth-order valence-corrected chi connectivity index (χ4v) is 7.11. The molecule has 13 heteroatoms. The van der Waals surface area contributed by atoms with E-state index in [0.29, 0.717) is 12.8 Å². The van der Waals surface area contributed by atoms with Gasteiger partial charge in [-0.2, -0.15) is 22.0 Å². The van der Waals surface area contributed by atoms with Crippen molar-refractivity contribution in [2.45, 2.75) is 75.6 Å². The van der Waals surface area contributed by atoms with E-state index in [9.17, 15) is 39.7 Å². The largest absolute Gasteiger partial charge is 0.743 e. The lowest BCUT2D eigenvalue weighted by Gasteiger charge is -2.62. The number of esters is 1. The van der Waals surface area contributed by atoms with Crippen LogP contribution in [0.25, 0.3) is 0 Å². The number of hydrogen-bond acceptors (Lipinski definition) is 6. The number of benzene rings is 1. The highest BCUT2D eigenvalue weighted by molar-refractivity contribution is 7.86. The van der Waals surface area contributed by atoms with Gasteiger partial charge in [-0.25, -0.2) is 8.42 Å². The Morgan fingerprint density at radius 1 is 1.07 bits per heavy atom. The quantitative estimate of drug-likeness (QED) is 0.125. The van der Waals surface area contributed by atoms with Gasteiger partial charge in [0.2, 0.25) is 0 Å². The van der Waals surface area contributed by atoms with Gasteiger partial charge in [-0.1, -0.05) is 36.4 Å². The van der Waals surface area contributed by atoms with Gasteiger partial charge in [-0.05, 0) is 63.7 Å². The molecule has 0 N–H and O–H groups in total. The van der Waals surface area contributed by atoms with E-state index in [1.54, 1.807) is 13.0 Å². The van der Waals surface area contributed by atoms with E-state index in [4.69, 9.17) is 4.74 Å². The van der Waals surface area contributed by atoms with Crippen LogP contribution < -0.4 is 0 Å². The Labute approximate surface area is 238 Å². The maximum Gasteiger partial charge on any atom is 0.432 e. The molecule has 4 fully saturated rings. The molecular formula is C28H38F5NO6S. The van der Waals surface area contributed by atoms with Crippen LogP contribution in [0.1, 0.15) is 51.5 Å². The summed E-state index contributed by atoms with van der Waals surface area (Å²) in [6.45, 7) is 4.70. The monoisotopic (exact) mass is 611 g/mol. The zero-order valence-corrected chi connectivity index (χ0v) is 24.6. The molecule has 4 bridgehead atoms. The second kappa shape index (κ2) is 11.4. The third kappa shape index (κ3) is 7.22. The molecule has 0 radical (unpaired) electrons. The van der Waals surface area contributed by atoms with Crippen LogP contribution in [0.2, 0.25) is 0 Å². The van der Waals surface area contributed by atoms with Gasteiger partial charge in [0.25, 0.3) is 6.10 Å². The van der Waals surface area contributed by atoms with Crippen molar-refractivity contribution in [1.82, 2.24) is 0 Å². The molecule has 3 unspecified atom stereocenters. The topological polar surface area (TPSA) is 92.7 Å². The zero-order chi connectivity index (χ0) is 31.1.